The highest BCUT2D eigenvalue weighted by molar-refractivity contribution is 5.92. The first kappa shape index (κ1) is 21.4. The smallest absolute Gasteiger partial charge is 0.246 e. The molecule has 1 fully saturated rings. The van der Waals surface area contributed by atoms with Crippen LogP contribution in [0.5, 0.6) is 17.4 Å². The molecule has 1 saturated heterocycles. The molecule has 164 valence electrons. The molecule has 0 radical (unpaired) electrons. The summed E-state index contributed by atoms with van der Waals surface area (Å²) in [6.07, 6.45) is 5.00. The van der Waals surface area contributed by atoms with Crippen LogP contribution in [0.3, 0.4) is 0 Å². The number of anilines is 1. The SMILES string of the molecule is COc1ccc(Oc2cc(N3CCN(C(=O)/C=C/c4ccccc4)[C@@H](C)C3)ncn2)cc1. The van der Waals surface area contributed by atoms with Gasteiger partial charge in [-0.05, 0) is 42.8 Å². The average molecular weight is 431 g/mol. The lowest BCUT2D eigenvalue weighted by Crippen LogP contribution is -2.54. The van der Waals surface area contributed by atoms with Gasteiger partial charge in [0.05, 0.1) is 7.11 Å². The Balaban J connectivity index is 1.38. The summed E-state index contributed by atoms with van der Waals surface area (Å²) in [6, 6.07) is 19.0. The summed E-state index contributed by atoms with van der Waals surface area (Å²) in [5.74, 6) is 2.71. The molecule has 0 aliphatic carbocycles. The van der Waals surface area contributed by atoms with Gasteiger partial charge < -0.3 is 19.3 Å². The van der Waals surface area contributed by atoms with Gasteiger partial charge in [-0.1, -0.05) is 30.3 Å². The van der Waals surface area contributed by atoms with Crippen molar-refractivity contribution in [1.82, 2.24) is 14.9 Å². The van der Waals surface area contributed by atoms with E-state index in [1.807, 2.05) is 71.6 Å². The number of carbonyl (C=O) groups is 1. The van der Waals surface area contributed by atoms with Gasteiger partial charge in [0, 0.05) is 37.8 Å². The van der Waals surface area contributed by atoms with E-state index in [4.69, 9.17) is 9.47 Å². The monoisotopic (exact) mass is 430 g/mol. The number of rotatable bonds is 6. The zero-order valence-electron chi connectivity index (χ0n) is 18.2. The Morgan fingerprint density at radius 2 is 1.78 bits per heavy atom. The van der Waals surface area contributed by atoms with E-state index in [0.717, 1.165) is 17.1 Å². The molecular weight excluding hydrogens is 404 g/mol. The third kappa shape index (κ3) is 5.24. The Hall–Kier alpha value is -3.87. The molecule has 7 nitrogen and oxygen atoms in total. The zero-order valence-corrected chi connectivity index (χ0v) is 18.2. The topological polar surface area (TPSA) is 67.8 Å². The molecule has 1 aromatic heterocycles. The molecule has 1 aliphatic heterocycles. The van der Waals surface area contributed by atoms with Crippen LogP contribution in [0.15, 0.2) is 73.1 Å². The highest BCUT2D eigenvalue weighted by Gasteiger charge is 2.27. The van der Waals surface area contributed by atoms with Gasteiger partial charge in [-0.3, -0.25) is 4.79 Å². The van der Waals surface area contributed by atoms with E-state index in [-0.39, 0.29) is 11.9 Å². The van der Waals surface area contributed by atoms with Crippen molar-refractivity contribution in [2.24, 2.45) is 0 Å². The van der Waals surface area contributed by atoms with Crippen LogP contribution in [0.4, 0.5) is 5.82 Å². The summed E-state index contributed by atoms with van der Waals surface area (Å²) < 4.78 is 11.0. The molecule has 3 aromatic rings. The Bertz CT molecular complexity index is 1070. The van der Waals surface area contributed by atoms with Gasteiger partial charge in [0.25, 0.3) is 0 Å². The van der Waals surface area contributed by atoms with Gasteiger partial charge in [0.15, 0.2) is 0 Å². The van der Waals surface area contributed by atoms with Crippen molar-refractivity contribution < 1.29 is 14.3 Å². The quantitative estimate of drug-likeness (QED) is 0.550. The lowest BCUT2D eigenvalue weighted by atomic mass is 10.1. The van der Waals surface area contributed by atoms with Gasteiger partial charge in [-0.15, -0.1) is 0 Å². The Morgan fingerprint density at radius 1 is 1.03 bits per heavy atom. The number of hydrogen-bond donors (Lipinski definition) is 0. The molecule has 7 heteroatoms. The van der Waals surface area contributed by atoms with Crippen molar-refractivity contribution in [3.63, 3.8) is 0 Å². The van der Waals surface area contributed by atoms with E-state index in [2.05, 4.69) is 21.8 Å². The largest absolute Gasteiger partial charge is 0.497 e. The fourth-order valence-corrected chi connectivity index (χ4v) is 3.64. The van der Waals surface area contributed by atoms with Gasteiger partial charge in [-0.2, -0.15) is 0 Å². The average Bonchev–Trinajstić information content (AvgIpc) is 2.84. The van der Waals surface area contributed by atoms with Crippen molar-refractivity contribution in [1.29, 1.82) is 0 Å². The molecule has 1 aliphatic rings. The molecule has 0 unspecified atom stereocenters. The van der Waals surface area contributed by atoms with E-state index in [0.29, 0.717) is 31.3 Å². The number of methoxy groups -OCH3 is 1. The Kier molecular flexibility index (Phi) is 6.65. The van der Waals surface area contributed by atoms with Crippen molar-refractivity contribution in [3.05, 3.63) is 78.6 Å². The van der Waals surface area contributed by atoms with Gasteiger partial charge in [0.2, 0.25) is 11.8 Å². The number of piperazine rings is 1. The minimum absolute atomic E-state index is 0.0206. The first-order valence-corrected chi connectivity index (χ1v) is 10.5. The number of benzene rings is 2. The van der Waals surface area contributed by atoms with Gasteiger partial charge in [-0.25, -0.2) is 9.97 Å². The van der Waals surface area contributed by atoms with Crippen LogP contribution < -0.4 is 14.4 Å². The fraction of sp³-hybridized carbons (Fsp3) is 0.240. The standard InChI is InChI=1S/C25H26N4O3/c1-19-17-28(14-15-29(19)25(30)13-8-20-6-4-3-5-7-20)23-16-24(27-18-26-23)32-22-11-9-21(31-2)10-12-22/h3-13,16,18-19H,14-15,17H2,1-2H3/b13-8+/t19-/m0/s1. The molecule has 0 bridgehead atoms. The van der Waals surface area contributed by atoms with Crippen molar-refractivity contribution >= 4 is 17.8 Å². The third-order valence-electron chi connectivity index (χ3n) is 5.36. The summed E-state index contributed by atoms with van der Waals surface area (Å²) >= 11 is 0. The van der Waals surface area contributed by atoms with E-state index in [9.17, 15) is 4.79 Å². The minimum Gasteiger partial charge on any atom is -0.497 e. The molecule has 1 atom stereocenters. The van der Waals surface area contributed by atoms with Gasteiger partial charge >= 0.3 is 0 Å². The lowest BCUT2D eigenvalue weighted by Gasteiger charge is -2.40. The number of ether oxygens (including phenoxy) is 2. The summed E-state index contributed by atoms with van der Waals surface area (Å²) in [5.41, 5.74) is 1.01. The summed E-state index contributed by atoms with van der Waals surface area (Å²) in [6.45, 7) is 4.05. The first-order valence-electron chi connectivity index (χ1n) is 10.5. The molecule has 0 saturated carbocycles. The summed E-state index contributed by atoms with van der Waals surface area (Å²) in [5, 5.41) is 0. The second kappa shape index (κ2) is 9.96. The fourth-order valence-electron chi connectivity index (χ4n) is 3.64. The normalized spacial score (nSPS) is 16.2. The predicted octanol–water partition coefficient (Wildman–Crippen LogP) is 4.03. The van der Waals surface area contributed by atoms with Crippen LogP contribution in [0.1, 0.15) is 12.5 Å². The molecule has 32 heavy (non-hydrogen) atoms. The maximum atomic E-state index is 12.7. The third-order valence-corrected chi connectivity index (χ3v) is 5.36. The second-order valence-electron chi connectivity index (χ2n) is 7.56. The maximum Gasteiger partial charge on any atom is 0.246 e. The van der Waals surface area contributed by atoms with Crippen LogP contribution in [0.2, 0.25) is 0 Å². The van der Waals surface area contributed by atoms with E-state index in [1.54, 1.807) is 13.2 Å². The van der Waals surface area contributed by atoms with Crippen LogP contribution in [-0.4, -0.2) is 53.6 Å². The van der Waals surface area contributed by atoms with Crippen molar-refractivity contribution in [2.45, 2.75) is 13.0 Å². The molecule has 2 aromatic carbocycles. The highest BCUT2D eigenvalue weighted by atomic mass is 16.5. The first-order chi connectivity index (χ1) is 15.6. The Labute approximate surface area is 187 Å². The minimum atomic E-state index is 0.0206. The van der Waals surface area contributed by atoms with E-state index < -0.39 is 0 Å². The molecule has 0 N–H and O–H groups in total. The summed E-state index contributed by atoms with van der Waals surface area (Å²) in [4.78, 5) is 25.4. The van der Waals surface area contributed by atoms with Crippen LogP contribution in [0.25, 0.3) is 6.08 Å². The zero-order chi connectivity index (χ0) is 22.3. The molecule has 1 amide bonds. The molecular formula is C25H26N4O3. The summed E-state index contributed by atoms with van der Waals surface area (Å²) in [7, 11) is 1.63. The van der Waals surface area contributed by atoms with Crippen LogP contribution in [-0.2, 0) is 4.79 Å². The number of hydrogen-bond acceptors (Lipinski definition) is 6. The van der Waals surface area contributed by atoms with E-state index in [1.165, 1.54) is 6.33 Å². The molecule has 4 rings (SSSR count). The van der Waals surface area contributed by atoms with Crippen molar-refractivity contribution in [3.8, 4) is 17.4 Å². The Morgan fingerprint density at radius 3 is 2.50 bits per heavy atom. The number of nitrogens with zero attached hydrogens (tertiary/aromatic N) is 4. The predicted molar refractivity (Wildman–Crippen MR) is 124 cm³/mol. The second-order valence-corrected chi connectivity index (χ2v) is 7.56. The molecule has 0 spiro atoms. The highest BCUT2D eigenvalue weighted by Crippen LogP contribution is 2.25. The van der Waals surface area contributed by atoms with E-state index >= 15 is 0 Å². The number of amides is 1. The van der Waals surface area contributed by atoms with Gasteiger partial charge in [0.1, 0.15) is 23.6 Å². The number of aromatic nitrogens is 2. The number of carbonyl (C=O) groups excluding carboxylic acids is 1. The lowest BCUT2D eigenvalue weighted by molar-refractivity contribution is -0.128. The molecule has 2 heterocycles. The maximum absolute atomic E-state index is 12.7. The van der Waals surface area contributed by atoms with Crippen LogP contribution >= 0.6 is 0 Å². The van der Waals surface area contributed by atoms with Crippen molar-refractivity contribution in [2.75, 3.05) is 31.6 Å². The van der Waals surface area contributed by atoms with Crippen LogP contribution in [0, 0.1) is 0 Å².